The quantitative estimate of drug-likeness (QED) is 0.540. The van der Waals surface area contributed by atoms with E-state index in [1.807, 2.05) is 0 Å². The van der Waals surface area contributed by atoms with Crippen LogP contribution in [0.4, 0.5) is 18.9 Å². The van der Waals surface area contributed by atoms with E-state index in [-0.39, 0.29) is 0 Å². The van der Waals surface area contributed by atoms with Crippen LogP contribution in [0.3, 0.4) is 0 Å². The minimum absolute atomic E-state index is 0.343. The number of hydrogen-bond acceptors (Lipinski definition) is 2. The molecule has 0 saturated carbocycles. The van der Waals surface area contributed by atoms with Gasteiger partial charge in [-0.2, -0.15) is 18.4 Å². The molecule has 0 heterocycles. The van der Waals surface area contributed by atoms with Gasteiger partial charge >= 0.3 is 6.18 Å². The van der Waals surface area contributed by atoms with Crippen molar-refractivity contribution in [2.45, 2.75) is 6.18 Å². The zero-order valence-electron chi connectivity index (χ0n) is 6.39. The first-order valence-corrected chi connectivity index (χ1v) is 3.36. The van der Waals surface area contributed by atoms with Crippen LogP contribution in [0.2, 0.25) is 0 Å². The molecule has 2 nitrogen and oxygen atoms in total. The molecule has 0 aliphatic rings. The standard InChI is InChI=1S/C8H5F3N2/c9-8(10,11)6-1-3-7(4-2-6)13-5-12/h1-4,13H. The Bertz CT molecular complexity index is 321. The molecule has 0 aliphatic carbocycles. The van der Waals surface area contributed by atoms with Crippen LogP contribution in [0.15, 0.2) is 24.3 Å². The molecule has 0 unspecified atom stereocenters. The van der Waals surface area contributed by atoms with Crippen LogP contribution < -0.4 is 5.32 Å². The van der Waals surface area contributed by atoms with Crippen molar-refractivity contribution in [2.24, 2.45) is 0 Å². The first-order chi connectivity index (χ1) is 6.04. The summed E-state index contributed by atoms with van der Waals surface area (Å²) < 4.78 is 36.1. The van der Waals surface area contributed by atoms with Gasteiger partial charge in [-0.05, 0) is 24.3 Å². The first kappa shape index (κ1) is 9.39. The molecule has 13 heavy (non-hydrogen) atoms. The molecule has 0 spiro atoms. The van der Waals surface area contributed by atoms with Gasteiger partial charge in [-0.15, -0.1) is 0 Å². The highest BCUT2D eigenvalue weighted by Crippen LogP contribution is 2.29. The molecule has 68 valence electrons. The zero-order chi connectivity index (χ0) is 9.90. The lowest BCUT2D eigenvalue weighted by molar-refractivity contribution is -0.137. The summed E-state index contributed by atoms with van der Waals surface area (Å²) in [4.78, 5) is 0. The third-order valence-corrected chi connectivity index (χ3v) is 1.41. The van der Waals surface area contributed by atoms with Crippen LogP contribution in [-0.4, -0.2) is 0 Å². The van der Waals surface area contributed by atoms with Crippen LogP contribution in [-0.2, 0) is 6.18 Å². The van der Waals surface area contributed by atoms with Crippen molar-refractivity contribution in [1.82, 2.24) is 0 Å². The second kappa shape index (κ2) is 3.35. The first-order valence-electron chi connectivity index (χ1n) is 3.36. The van der Waals surface area contributed by atoms with Crippen molar-refractivity contribution in [3.8, 4) is 6.19 Å². The largest absolute Gasteiger partial charge is 0.416 e. The predicted octanol–water partition coefficient (Wildman–Crippen LogP) is 2.60. The lowest BCUT2D eigenvalue weighted by Gasteiger charge is -2.06. The Labute approximate surface area is 72.6 Å². The number of nitrogens with zero attached hydrogens (tertiary/aromatic N) is 1. The molecule has 0 aromatic heterocycles. The van der Waals surface area contributed by atoms with Crippen molar-refractivity contribution in [3.63, 3.8) is 0 Å². The minimum Gasteiger partial charge on any atom is -0.293 e. The number of hydrogen-bond donors (Lipinski definition) is 1. The van der Waals surface area contributed by atoms with E-state index in [2.05, 4.69) is 5.32 Å². The minimum atomic E-state index is -4.33. The summed E-state index contributed by atoms with van der Waals surface area (Å²) in [5.74, 6) is 0. The van der Waals surface area contributed by atoms with Gasteiger partial charge in [0.25, 0.3) is 0 Å². The molecule has 1 aromatic rings. The van der Waals surface area contributed by atoms with E-state index < -0.39 is 11.7 Å². The van der Waals surface area contributed by atoms with E-state index in [0.717, 1.165) is 12.1 Å². The second-order valence-corrected chi connectivity index (χ2v) is 2.31. The molecule has 0 amide bonds. The Hall–Kier alpha value is -1.70. The van der Waals surface area contributed by atoms with Crippen molar-refractivity contribution in [2.75, 3.05) is 5.32 Å². The van der Waals surface area contributed by atoms with Crippen molar-refractivity contribution in [3.05, 3.63) is 29.8 Å². The lowest BCUT2D eigenvalue weighted by atomic mass is 10.2. The van der Waals surface area contributed by atoms with Crippen molar-refractivity contribution < 1.29 is 13.2 Å². The molecule has 1 rings (SSSR count). The summed E-state index contributed by atoms with van der Waals surface area (Å²) in [5, 5.41) is 10.4. The Morgan fingerprint density at radius 1 is 1.15 bits per heavy atom. The van der Waals surface area contributed by atoms with Crippen LogP contribution >= 0.6 is 0 Å². The highest BCUT2D eigenvalue weighted by molar-refractivity contribution is 5.47. The molecule has 5 heteroatoms. The number of nitriles is 1. The molecule has 1 aromatic carbocycles. The third kappa shape index (κ3) is 2.37. The van der Waals surface area contributed by atoms with Gasteiger partial charge in [0, 0.05) is 5.69 Å². The van der Waals surface area contributed by atoms with Gasteiger partial charge in [-0.3, -0.25) is 5.32 Å². The van der Waals surface area contributed by atoms with E-state index in [1.54, 1.807) is 6.19 Å². The van der Waals surface area contributed by atoms with E-state index in [0.29, 0.717) is 5.69 Å². The Kier molecular flexibility index (Phi) is 2.42. The van der Waals surface area contributed by atoms with Gasteiger partial charge in [-0.25, -0.2) is 0 Å². The topological polar surface area (TPSA) is 35.8 Å². The fourth-order valence-electron chi connectivity index (χ4n) is 0.807. The summed E-state index contributed by atoms with van der Waals surface area (Å²) in [5.41, 5.74) is -0.383. The second-order valence-electron chi connectivity index (χ2n) is 2.31. The van der Waals surface area contributed by atoms with Crippen molar-refractivity contribution in [1.29, 1.82) is 5.26 Å². The monoisotopic (exact) mass is 186 g/mol. The van der Waals surface area contributed by atoms with Crippen LogP contribution in [0, 0.1) is 11.5 Å². The molecule has 0 atom stereocenters. The summed E-state index contributed by atoms with van der Waals surface area (Å²) in [7, 11) is 0. The molecule has 0 radical (unpaired) electrons. The third-order valence-electron chi connectivity index (χ3n) is 1.41. The molecular formula is C8H5F3N2. The maximum absolute atomic E-state index is 12.0. The molecule has 0 saturated heterocycles. The lowest BCUT2D eigenvalue weighted by Crippen LogP contribution is -2.04. The van der Waals surface area contributed by atoms with E-state index in [4.69, 9.17) is 5.26 Å². The number of anilines is 1. The summed E-state index contributed by atoms with van der Waals surface area (Å²) in [6, 6.07) is 4.23. The van der Waals surface area contributed by atoms with Gasteiger partial charge in [0.05, 0.1) is 5.56 Å². The highest BCUT2D eigenvalue weighted by Gasteiger charge is 2.29. The molecule has 0 bridgehead atoms. The SMILES string of the molecule is N#CNc1ccc(C(F)(F)F)cc1. The Balaban J connectivity index is 2.89. The van der Waals surface area contributed by atoms with Crippen LogP contribution in [0.1, 0.15) is 5.56 Å². The molecular weight excluding hydrogens is 181 g/mol. The van der Waals surface area contributed by atoms with E-state index in [9.17, 15) is 13.2 Å². The van der Waals surface area contributed by atoms with E-state index in [1.165, 1.54) is 12.1 Å². The molecule has 0 fully saturated rings. The highest BCUT2D eigenvalue weighted by atomic mass is 19.4. The van der Waals surface area contributed by atoms with E-state index >= 15 is 0 Å². The van der Waals surface area contributed by atoms with Gasteiger partial charge in [0.2, 0.25) is 0 Å². The van der Waals surface area contributed by atoms with Gasteiger partial charge < -0.3 is 0 Å². The fourth-order valence-corrected chi connectivity index (χ4v) is 0.807. The Morgan fingerprint density at radius 2 is 1.69 bits per heavy atom. The Morgan fingerprint density at radius 3 is 2.08 bits per heavy atom. The maximum Gasteiger partial charge on any atom is 0.416 e. The molecule has 1 N–H and O–H groups in total. The average molecular weight is 186 g/mol. The number of alkyl halides is 3. The smallest absolute Gasteiger partial charge is 0.293 e. The summed E-state index contributed by atoms with van der Waals surface area (Å²) in [6.45, 7) is 0. The summed E-state index contributed by atoms with van der Waals surface area (Å²) >= 11 is 0. The predicted molar refractivity (Wildman–Crippen MR) is 40.7 cm³/mol. The number of nitrogens with one attached hydrogen (secondary N) is 1. The maximum atomic E-state index is 12.0. The van der Waals surface area contributed by atoms with Crippen LogP contribution in [0.25, 0.3) is 0 Å². The van der Waals surface area contributed by atoms with Gasteiger partial charge in [0.15, 0.2) is 6.19 Å². The summed E-state index contributed by atoms with van der Waals surface area (Å²) in [6.07, 6.45) is -2.72. The fraction of sp³-hybridized carbons (Fsp3) is 0.125. The number of halogens is 3. The number of rotatable bonds is 1. The zero-order valence-corrected chi connectivity index (χ0v) is 6.39. The number of benzene rings is 1. The van der Waals surface area contributed by atoms with Gasteiger partial charge in [-0.1, -0.05) is 0 Å². The average Bonchev–Trinajstić information content (AvgIpc) is 2.04. The van der Waals surface area contributed by atoms with Crippen molar-refractivity contribution >= 4 is 5.69 Å². The van der Waals surface area contributed by atoms with Crippen LogP contribution in [0.5, 0.6) is 0 Å². The van der Waals surface area contributed by atoms with Gasteiger partial charge in [0.1, 0.15) is 0 Å². The normalized spacial score (nSPS) is 10.6. The molecule has 0 aliphatic heterocycles.